The van der Waals surface area contributed by atoms with Crippen molar-refractivity contribution in [1.29, 1.82) is 0 Å². The summed E-state index contributed by atoms with van der Waals surface area (Å²) in [5, 5.41) is 12.8. The second kappa shape index (κ2) is 8.73. The lowest BCUT2D eigenvalue weighted by Crippen LogP contribution is -2.48. The van der Waals surface area contributed by atoms with Crippen LogP contribution in [0, 0.1) is 0 Å². The molecule has 1 aromatic carbocycles. The van der Waals surface area contributed by atoms with Gasteiger partial charge in [-0.05, 0) is 18.1 Å². The maximum atomic E-state index is 12.1. The lowest BCUT2D eigenvalue weighted by atomic mass is 10.0. The molecule has 0 aliphatic carbocycles. The third-order valence-electron chi connectivity index (χ3n) is 3.98. The molecule has 0 bridgehead atoms. The van der Waals surface area contributed by atoms with Crippen LogP contribution >= 0.6 is 0 Å². The van der Waals surface area contributed by atoms with Gasteiger partial charge in [0.25, 0.3) is 0 Å². The number of aromatic nitrogens is 1. The number of nitrogens with two attached hydrogens (primary N) is 1. The fourth-order valence-electron chi connectivity index (χ4n) is 2.58. The summed E-state index contributed by atoms with van der Waals surface area (Å²) < 4.78 is 31.7. The van der Waals surface area contributed by atoms with E-state index in [4.69, 9.17) is 15.6 Å². The summed E-state index contributed by atoms with van der Waals surface area (Å²) in [4.78, 5) is 46.6. The van der Waals surface area contributed by atoms with Gasteiger partial charge in [-0.15, -0.1) is 0 Å². The first kappa shape index (κ1) is 21.9. The van der Waals surface area contributed by atoms with Gasteiger partial charge >= 0.3 is 12.1 Å². The van der Waals surface area contributed by atoms with Gasteiger partial charge in [0, 0.05) is 17.1 Å². The number of carbonyl (C=O) groups is 4. The molecule has 29 heavy (non-hydrogen) atoms. The van der Waals surface area contributed by atoms with Gasteiger partial charge in [0.2, 0.25) is 17.7 Å². The number of benzene rings is 1. The summed E-state index contributed by atoms with van der Waals surface area (Å²) >= 11 is 0. The Kier molecular flexibility index (Phi) is 6.59. The number of amides is 3. The van der Waals surface area contributed by atoms with Crippen molar-refractivity contribution in [3.63, 3.8) is 0 Å². The van der Waals surface area contributed by atoms with Crippen molar-refractivity contribution >= 4 is 34.6 Å². The van der Waals surface area contributed by atoms with E-state index in [0.29, 0.717) is 6.42 Å². The molecule has 1 saturated heterocycles. The van der Waals surface area contributed by atoms with Crippen molar-refractivity contribution in [3.05, 3.63) is 36.0 Å². The van der Waals surface area contributed by atoms with Gasteiger partial charge in [0.05, 0.1) is 12.5 Å². The number of H-pyrrole nitrogens is 1. The van der Waals surface area contributed by atoms with E-state index in [0.717, 1.165) is 16.5 Å². The predicted octanol–water partition coefficient (Wildman–Crippen LogP) is 0.202. The Morgan fingerprint density at radius 3 is 2.45 bits per heavy atom. The lowest BCUT2D eigenvalue weighted by Gasteiger charge is -2.14. The number of rotatable bonds is 4. The van der Waals surface area contributed by atoms with Crippen molar-refractivity contribution in [1.82, 2.24) is 15.6 Å². The molecule has 12 heteroatoms. The summed E-state index contributed by atoms with van der Waals surface area (Å²) in [6.07, 6.45) is -2.95. The van der Waals surface area contributed by atoms with Crippen molar-refractivity contribution in [2.45, 2.75) is 31.1 Å². The van der Waals surface area contributed by atoms with Crippen LogP contribution in [0.15, 0.2) is 30.5 Å². The second-order valence-corrected chi connectivity index (χ2v) is 6.15. The molecule has 3 rings (SSSR count). The van der Waals surface area contributed by atoms with Crippen LogP contribution in [-0.4, -0.2) is 52.0 Å². The van der Waals surface area contributed by atoms with Gasteiger partial charge in [-0.25, -0.2) is 4.79 Å². The molecule has 1 unspecified atom stereocenters. The van der Waals surface area contributed by atoms with Crippen molar-refractivity contribution < 1.29 is 37.5 Å². The average molecular weight is 414 g/mol. The van der Waals surface area contributed by atoms with E-state index in [1.165, 1.54) is 0 Å². The molecule has 1 aliphatic rings. The first-order chi connectivity index (χ1) is 13.5. The Morgan fingerprint density at radius 2 is 1.90 bits per heavy atom. The van der Waals surface area contributed by atoms with E-state index < -0.39 is 36.0 Å². The summed E-state index contributed by atoms with van der Waals surface area (Å²) in [5.74, 6) is -4.08. The summed E-state index contributed by atoms with van der Waals surface area (Å²) in [6.45, 7) is 0. The highest BCUT2D eigenvalue weighted by atomic mass is 19.4. The molecule has 0 spiro atoms. The minimum Gasteiger partial charge on any atom is -0.475 e. The van der Waals surface area contributed by atoms with Crippen LogP contribution in [0.1, 0.15) is 12.0 Å². The third-order valence-corrected chi connectivity index (χ3v) is 3.98. The summed E-state index contributed by atoms with van der Waals surface area (Å²) in [6, 6.07) is 6.12. The molecule has 1 aliphatic heterocycles. The molecule has 3 amide bonds. The van der Waals surface area contributed by atoms with Crippen molar-refractivity contribution in [2.75, 3.05) is 0 Å². The highest BCUT2D eigenvalue weighted by Gasteiger charge is 2.38. The number of hydrogen-bond donors (Lipinski definition) is 5. The first-order valence-corrected chi connectivity index (χ1v) is 8.23. The van der Waals surface area contributed by atoms with Gasteiger partial charge in [0.1, 0.15) is 6.04 Å². The molecule has 9 nitrogen and oxygen atoms in total. The van der Waals surface area contributed by atoms with Gasteiger partial charge in [0.15, 0.2) is 0 Å². The van der Waals surface area contributed by atoms with E-state index in [1.807, 2.05) is 30.5 Å². The molecular formula is C17H17F3N4O5. The van der Waals surface area contributed by atoms with Crippen molar-refractivity contribution in [3.8, 4) is 0 Å². The molecule has 2 aromatic rings. The zero-order valence-corrected chi connectivity index (χ0v) is 14.7. The number of nitrogens with one attached hydrogen (secondary N) is 3. The quantitative estimate of drug-likeness (QED) is 0.451. The zero-order valence-electron chi connectivity index (χ0n) is 14.7. The van der Waals surface area contributed by atoms with Crippen LogP contribution in [0.5, 0.6) is 0 Å². The number of imide groups is 1. The fourth-order valence-corrected chi connectivity index (χ4v) is 2.58. The SMILES string of the molecule is N[C@@H](Cc1c[nH]c2ccccc12)C(=O)NC1CC(=O)NC1=O.O=C(O)C(F)(F)F. The highest BCUT2D eigenvalue weighted by molar-refractivity contribution is 6.07. The van der Waals surface area contributed by atoms with E-state index in [-0.39, 0.29) is 12.3 Å². The van der Waals surface area contributed by atoms with Crippen LogP contribution in [0.3, 0.4) is 0 Å². The van der Waals surface area contributed by atoms with E-state index in [1.54, 1.807) is 0 Å². The number of hydrogen-bond acceptors (Lipinski definition) is 5. The van der Waals surface area contributed by atoms with Crippen LogP contribution in [0.4, 0.5) is 13.2 Å². The molecule has 156 valence electrons. The molecule has 2 heterocycles. The summed E-state index contributed by atoms with van der Waals surface area (Å²) in [5.41, 5.74) is 7.83. The number of aliphatic carboxylic acids is 1. The first-order valence-electron chi connectivity index (χ1n) is 8.23. The van der Waals surface area contributed by atoms with E-state index in [2.05, 4.69) is 15.6 Å². The Morgan fingerprint density at radius 1 is 1.28 bits per heavy atom. The predicted molar refractivity (Wildman–Crippen MR) is 93.4 cm³/mol. The van der Waals surface area contributed by atoms with Gasteiger partial charge in [-0.1, -0.05) is 18.2 Å². The molecular weight excluding hydrogens is 397 g/mol. The lowest BCUT2D eigenvalue weighted by molar-refractivity contribution is -0.192. The molecule has 6 N–H and O–H groups in total. The number of carboxylic acids is 1. The minimum absolute atomic E-state index is 0.0373. The number of para-hydroxylation sites is 1. The van der Waals surface area contributed by atoms with Crippen LogP contribution in [-0.2, 0) is 25.6 Å². The molecule has 1 aromatic heterocycles. The van der Waals surface area contributed by atoms with E-state index in [9.17, 15) is 27.6 Å². The molecule has 2 atom stereocenters. The van der Waals surface area contributed by atoms with E-state index >= 15 is 0 Å². The Labute approximate surface area is 161 Å². The van der Waals surface area contributed by atoms with Crippen LogP contribution in [0.2, 0.25) is 0 Å². The number of carbonyl (C=O) groups excluding carboxylic acids is 3. The smallest absolute Gasteiger partial charge is 0.475 e. The topological polar surface area (TPSA) is 154 Å². The van der Waals surface area contributed by atoms with Crippen LogP contribution < -0.4 is 16.4 Å². The number of halogens is 3. The Bertz CT molecular complexity index is 941. The monoisotopic (exact) mass is 414 g/mol. The maximum absolute atomic E-state index is 12.1. The molecule has 1 fully saturated rings. The average Bonchev–Trinajstić information content (AvgIpc) is 3.17. The highest BCUT2D eigenvalue weighted by Crippen LogP contribution is 2.19. The minimum atomic E-state index is -5.08. The Balaban J connectivity index is 0.000000370. The normalized spacial score (nSPS) is 17.3. The number of fused-ring (bicyclic) bond motifs is 1. The van der Waals surface area contributed by atoms with Crippen molar-refractivity contribution in [2.24, 2.45) is 5.73 Å². The molecule has 0 saturated carbocycles. The number of carboxylic acid groups (broad SMARTS) is 1. The zero-order chi connectivity index (χ0) is 21.8. The second-order valence-electron chi connectivity index (χ2n) is 6.15. The van der Waals surface area contributed by atoms with Gasteiger partial charge in [-0.3, -0.25) is 19.7 Å². The Hall–Kier alpha value is -3.41. The number of alkyl halides is 3. The van der Waals surface area contributed by atoms with Gasteiger partial charge in [-0.2, -0.15) is 13.2 Å². The maximum Gasteiger partial charge on any atom is 0.490 e. The molecule has 0 radical (unpaired) electrons. The largest absolute Gasteiger partial charge is 0.490 e. The standard InChI is InChI=1S/C15H16N4O3.C2HF3O2/c16-10(14(21)18-12-6-13(20)19-15(12)22)5-8-7-17-11-4-2-1-3-9(8)11;3-2(4,5)1(6)7/h1-4,7,10,12,17H,5-6,16H2,(H,18,21)(H,19,20,22);(H,6,7)/t10-,12?;/m0./s1. The fraction of sp³-hybridized carbons (Fsp3) is 0.294. The number of aromatic amines is 1. The van der Waals surface area contributed by atoms with Crippen LogP contribution in [0.25, 0.3) is 10.9 Å². The van der Waals surface area contributed by atoms with Gasteiger partial charge < -0.3 is 21.1 Å². The third kappa shape index (κ3) is 5.78. The summed E-state index contributed by atoms with van der Waals surface area (Å²) in [7, 11) is 0.